The van der Waals surface area contributed by atoms with Crippen LogP contribution < -0.4 is 0 Å². The van der Waals surface area contributed by atoms with E-state index < -0.39 is 5.97 Å². The molecule has 0 aromatic carbocycles. The number of carbonyl (C=O) groups is 1. The number of rotatable bonds is 10. The minimum absolute atomic E-state index is 0. The summed E-state index contributed by atoms with van der Waals surface area (Å²) in [6.07, 6.45) is 11.5. The van der Waals surface area contributed by atoms with Crippen molar-refractivity contribution in [2.24, 2.45) is 0 Å². The van der Waals surface area contributed by atoms with Crippen LogP contribution in [0.4, 0.5) is 0 Å². The summed E-state index contributed by atoms with van der Waals surface area (Å²) >= 11 is 0. The molecule has 0 aliphatic rings. The van der Waals surface area contributed by atoms with Crippen molar-refractivity contribution < 1.29 is 47.2 Å². The van der Waals surface area contributed by atoms with Crippen molar-refractivity contribution in [3.8, 4) is 0 Å². The molecule has 15 heavy (non-hydrogen) atoms. The van der Waals surface area contributed by atoms with E-state index in [-0.39, 0.29) is 37.3 Å². The first-order chi connectivity index (χ1) is 6.77. The molecule has 0 unspecified atom stereocenters. The molecule has 0 saturated carbocycles. The first-order valence-corrected chi connectivity index (χ1v) is 5.99. The van der Waals surface area contributed by atoms with Crippen molar-refractivity contribution in [2.75, 3.05) is 0 Å². The monoisotopic (exact) mass is 366 g/mol. The number of carboxylic acids is 1. The summed E-state index contributed by atoms with van der Waals surface area (Å²) in [5, 5.41) is 8.41. The predicted octanol–water partition coefficient (Wildman–Crippen LogP) is 3.99. The quantitative estimate of drug-likeness (QED) is 0.593. The molecular weight excluding hydrogens is 343 g/mol. The predicted molar refractivity (Wildman–Crippen MR) is 59.5 cm³/mol. The molecule has 3 heteroatoms. The van der Waals surface area contributed by atoms with Crippen molar-refractivity contribution in [3.63, 3.8) is 0 Å². The fraction of sp³-hybridized carbons (Fsp3) is 0.917. The van der Waals surface area contributed by atoms with Gasteiger partial charge in [0.25, 0.3) is 0 Å². The van der Waals surface area contributed by atoms with E-state index in [0.29, 0.717) is 6.42 Å². The van der Waals surface area contributed by atoms with E-state index >= 15 is 0 Å². The van der Waals surface area contributed by atoms with E-state index in [1.165, 1.54) is 44.9 Å². The molecule has 0 saturated heterocycles. The second kappa shape index (κ2) is 14.7. The molecule has 96 valence electrons. The smallest absolute Gasteiger partial charge is 0.303 e. The molecule has 0 atom stereocenters. The molecule has 0 spiro atoms. The van der Waals surface area contributed by atoms with E-state index in [1.807, 2.05) is 0 Å². The molecule has 0 amide bonds. The Morgan fingerprint density at radius 3 is 1.67 bits per heavy atom. The van der Waals surface area contributed by atoms with Crippen LogP contribution >= 0.6 is 0 Å². The molecule has 0 radical (unpaired) electrons. The van der Waals surface area contributed by atoms with E-state index in [2.05, 4.69) is 6.92 Å². The summed E-state index contributed by atoms with van der Waals surface area (Å²) in [6, 6.07) is 0. The minimum atomic E-state index is -0.659. The topological polar surface area (TPSA) is 37.3 Å². The van der Waals surface area contributed by atoms with Crippen LogP contribution in [-0.4, -0.2) is 11.1 Å². The SMILES string of the molecule is CCCCCCCCCCCC(=O)O.[Er]. The van der Waals surface area contributed by atoms with Crippen LogP contribution in [0, 0.1) is 37.3 Å². The van der Waals surface area contributed by atoms with Gasteiger partial charge in [0.2, 0.25) is 0 Å². The molecule has 0 fully saturated rings. The Kier molecular flexibility index (Phi) is 17.8. The number of carboxylic acid groups (broad SMARTS) is 1. The second-order valence-electron chi connectivity index (χ2n) is 3.97. The summed E-state index contributed by atoms with van der Waals surface area (Å²) < 4.78 is 0. The van der Waals surface area contributed by atoms with Crippen LogP contribution in [0.25, 0.3) is 0 Å². The van der Waals surface area contributed by atoms with E-state index in [1.54, 1.807) is 0 Å². The molecule has 0 rings (SSSR count). The van der Waals surface area contributed by atoms with Crippen LogP contribution in [0.2, 0.25) is 0 Å². The van der Waals surface area contributed by atoms with E-state index in [0.717, 1.165) is 12.8 Å². The summed E-state index contributed by atoms with van der Waals surface area (Å²) in [4.78, 5) is 10.2. The summed E-state index contributed by atoms with van der Waals surface area (Å²) in [6.45, 7) is 2.23. The molecule has 0 aliphatic heterocycles. The minimum Gasteiger partial charge on any atom is -0.481 e. The van der Waals surface area contributed by atoms with Crippen molar-refractivity contribution in [3.05, 3.63) is 0 Å². The maximum atomic E-state index is 10.2. The maximum absolute atomic E-state index is 10.2. The molecule has 2 nitrogen and oxygen atoms in total. The van der Waals surface area contributed by atoms with Crippen LogP contribution in [0.5, 0.6) is 0 Å². The van der Waals surface area contributed by atoms with Crippen LogP contribution in [0.15, 0.2) is 0 Å². The largest absolute Gasteiger partial charge is 0.481 e. The van der Waals surface area contributed by atoms with Gasteiger partial charge in [0, 0.05) is 43.7 Å². The first kappa shape index (κ1) is 18.1. The average molecular weight is 368 g/mol. The van der Waals surface area contributed by atoms with Gasteiger partial charge in [0.1, 0.15) is 0 Å². The van der Waals surface area contributed by atoms with Gasteiger partial charge in [-0.25, -0.2) is 0 Å². The zero-order chi connectivity index (χ0) is 10.6. The number of aliphatic carboxylic acids is 1. The van der Waals surface area contributed by atoms with Gasteiger partial charge in [-0.05, 0) is 6.42 Å². The maximum Gasteiger partial charge on any atom is 0.303 e. The number of unbranched alkanes of at least 4 members (excludes halogenated alkanes) is 8. The second-order valence-corrected chi connectivity index (χ2v) is 3.97. The molecular formula is C12H24ErO2. The zero-order valence-corrected chi connectivity index (χ0v) is 11.6. The fourth-order valence-corrected chi connectivity index (χ4v) is 1.59. The van der Waals surface area contributed by atoms with Gasteiger partial charge in [-0.15, -0.1) is 0 Å². The van der Waals surface area contributed by atoms with Crippen molar-refractivity contribution in [2.45, 2.75) is 71.1 Å². The van der Waals surface area contributed by atoms with Gasteiger partial charge >= 0.3 is 5.97 Å². The fourth-order valence-electron chi connectivity index (χ4n) is 1.59. The Hall–Kier alpha value is 0.717. The summed E-state index contributed by atoms with van der Waals surface area (Å²) in [5.74, 6) is -0.659. The first-order valence-electron chi connectivity index (χ1n) is 5.99. The van der Waals surface area contributed by atoms with Gasteiger partial charge in [0.15, 0.2) is 0 Å². The van der Waals surface area contributed by atoms with Crippen LogP contribution in [0.3, 0.4) is 0 Å². The Bertz CT molecular complexity index is 138. The Labute approximate surface area is 123 Å². The summed E-state index contributed by atoms with van der Waals surface area (Å²) in [5.41, 5.74) is 0. The number of hydrogen-bond donors (Lipinski definition) is 1. The third-order valence-corrected chi connectivity index (χ3v) is 2.49. The van der Waals surface area contributed by atoms with Crippen molar-refractivity contribution in [1.82, 2.24) is 0 Å². The Morgan fingerprint density at radius 1 is 0.867 bits per heavy atom. The van der Waals surface area contributed by atoms with E-state index in [9.17, 15) is 4.79 Å². The van der Waals surface area contributed by atoms with E-state index in [4.69, 9.17) is 5.11 Å². The third kappa shape index (κ3) is 17.3. The summed E-state index contributed by atoms with van der Waals surface area (Å²) in [7, 11) is 0. The third-order valence-electron chi connectivity index (χ3n) is 2.49. The van der Waals surface area contributed by atoms with Crippen LogP contribution in [0.1, 0.15) is 71.1 Å². The van der Waals surface area contributed by atoms with Crippen molar-refractivity contribution >= 4 is 5.97 Å². The molecule has 0 aromatic heterocycles. The Morgan fingerprint density at radius 2 is 1.27 bits per heavy atom. The Balaban J connectivity index is 0. The molecule has 0 heterocycles. The van der Waals surface area contributed by atoms with Crippen LogP contribution in [-0.2, 0) is 4.79 Å². The zero-order valence-electron chi connectivity index (χ0n) is 9.72. The normalized spacial score (nSPS) is 9.67. The average Bonchev–Trinajstić information content (AvgIpc) is 2.15. The van der Waals surface area contributed by atoms with Gasteiger partial charge in [-0.1, -0.05) is 58.3 Å². The van der Waals surface area contributed by atoms with Gasteiger partial charge in [0.05, 0.1) is 0 Å². The number of hydrogen-bond acceptors (Lipinski definition) is 1. The molecule has 0 bridgehead atoms. The molecule has 1 N–H and O–H groups in total. The van der Waals surface area contributed by atoms with Gasteiger partial charge in [-0.3, -0.25) is 4.79 Å². The standard InChI is InChI=1S/C12H24O2.Er/c1-2-3-4-5-6-7-8-9-10-11-12(13)14;/h2-11H2,1H3,(H,13,14);. The molecule has 0 aromatic rings. The van der Waals surface area contributed by atoms with Gasteiger partial charge in [-0.2, -0.15) is 0 Å². The van der Waals surface area contributed by atoms with Gasteiger partial charge < -0.3 is 5.11 Å². The van der Waals surface area contributed by atoms with Crippen molar-refractivity contribution in [1.29, 1.82) is 0 Å². The molecule has 0 aliphatic carbocycles.